The van der Waals surface area contributed by atoms with Crippen LogP contribution in [0.1, 0.15) is 141 Å². The van der Waals surface area contributed by atoms with Crippen molar-refractivity contribution in [3.8, 4) is 22.3 Å². The highest BCUT2D eigenvalue weighted by Gasteiger charge is 2.37. The molecule has 0 atom stereocenters. The molecule has 0 saturated carbocycles. The van der Waals surface area contributed by atoms with Crippen LogP contribution in [0.15, 0.2) is 188 Å². The van der Waals surface area contributed by atoms with Gasteiger partial charge in [-0.15, -0.1) is 0 Å². The van der Waals surface area contributed by atoms with E-state index in [0.717, 1.165) is 25.7 Å². The molecule has 2 aliphatic heterocycles. The number of aryl methyl sites for hydroxylation is 8. The second-order valence-corrected chi connectivity index (χ2v) is 16.8. The lowest BCUT2D eigenvalue weighted by Crippen LogP contribution is -2.57. The van der Waals surface area contributed by atoms with Crippen molar-refractivity contribution in [2.24, 2.45) is 0 Å². The van der Waals surface area contributed by atoms with Crippen molar-refractivity contribution in [3.05, 3.63) is 233 Å². The van der Waals surface area contributed by atoms with Gasteiger partial charge in [0, 0.05) is 0 Å². The molecule has 73 heavy (non-hydrogen) atoms. The molecule has 384 valence electrons. The van der Waals surface area contributed by atoms with Gasteiger partial charge in [0.1, 0.15) is 0 Å². The molecule has 0 unspecified atom stereocenters. The van der Waals surface area contributed by atoms with Gasteiger partial charge >= 0.3 is 0 Å². The number of hydrogen-bond acceptors (Lipinski definition) is 0. The highest BCUT2D eigenvalue weighted by molar-refractivity contribution is 7.01. The van der Waals surface area contributed by atoms with E-state index in [4.69, 9.17) is 0 Å². The van der Waals surface area contributed by atoms with E-state index in [1.165, 1.54) is 105 Å². The third-order valence-corrected chi connectivity index (χ3v) is 13.0. The van der Waals surface area contributed by atoms with Crippen molar-refractivity contribution >= 4 is 44.6 Å². The summed E-state index contributed by atoms with van der Waals surface area (Å²) < 4.78 is 0. The van der Waals surface area contributed by atoms with Crippen LogP contribution in [-0.4, -0.2) is 6.71 Å². The first-order chi connectivity index (χ1) is 35.8. The van der Waals surface area contributed by atoms with Gasteiger partial charge in [-0.05, 0) is 142 Å². The third-order valence-electron chi connectivity index (χ3n) is 13.0. The molecular formula is C72H93B. The molecule has 0 fully saturated rings. The fourth-order valence-corrected chi connectivity index (χ4v) is 9.52. The van der Waals surface area contributed by atoms with Crippen LogP contribution in [0.3, 0.4) is 0 Å². The molecule has 0 saturated heterocycles. The Bertz CT molecular complexity index is 2650. The first-order valence-corrected chi connectivity index (χ1v) is 28.1. The van der Waals surface area contributed by atoms with Gasteiger partial charge in [0.15, 0.2) is 0 Å². The predicted octanol–water partition coefficient (Wildman–Crippen LogP) is 19.8. The monoisotopic (exact) mass is 969 g/mol. The topological polar surface area (TPSA) is 0 Å². The van der Waals surface area contributed by atoms with E-state index >= 15 is 0 Å². The van der Waals surface area contributed by atoms with Gasteiger partial charge in [-0.1, -0.05) is 301 Å². The van der Waals surface area contributed by atoms with Gasteiger partial charge in [0.2, 0.25) is 6.71 Å². The lowest BCUT2D eigenvalue weighted by atomic mass is 9.31. The molecular weight excluding hydrogens is 876 g/mol. The third kappa shape index (κ3) is 16.3. The molecule has 0 nitrogen and oxygen atoms in total. The average molecular weight is 969 g/mol. The summed E-state index contributed by atoms with van der Waals surface area (Å²) >= 11 is 0. The van der Waals surface area contributed by atoms with Crippen LogP contribution in [-0.2, 0) is 25.7 Å². The van der Waals surface area contributed by atoms with Crippen molar-refractivity contribution in [2.75, 3.05) is 0 Å². The Morgan fingerprint density at radius 3 is 0.740 bits per heavy atom. The number of hydrogen-bond donors (Lipinski definition) is 0. The standard InChI is InChI=1S/C26H15B.4C9H12.5C2H6/c1-6-16-8-3-14-22-24(16)18(10-1)20-12-5-13-21-19-11-2-7-17-9-4-15-23(25(17)19)27(22)26(20)21;4*1-3-9-7-5-4-6-8(9)2;5*1-2/h1-15H;4*4-7H,3H2,1-2H3;5*1-2H3. The Morgan fingerprint density at radius 2 is 0.493 bits per heavy atom. The minimum atomic E-state index is 0.313. The van der Waals surface area contributed by atoms with Crippen molar-refractivity contribution in [2.45, 2.75) is 150 Å². The first-order valence-electron chi connectivity index (χ1n) is 28.1. The fraction of sp³-hybridized carbons (Fsp3) is 0.306. The smallest absolute Gasteiger partial charge is 0.0683 e. The quantitative estimate of drug-likeness (QED) is 0.154. The summed E-state index contributed by atoms with van der Waals surface area (Å²) in [6.07, 6.45) is 4.58. The molecule has 11 rings (SSSR count). The van der Waals surface area contributed by atoms with Crippen molar-refractivity contribution in [1.82, 2.24) is 0 Å². The second kappa shape index (κ2) is 34.8. The van der Waals surface area contributed by atoms with E-state index in [-0.39, 0.29) is 0 Å². The molecule has 2 aliphatic rings. The number of rotatable bonds is 4. The Labute approximate surface area is 447 Å². The summed E-state index contributed by atoms with van der Waals surface area (Å²) in [6.45, 7) is 37.7. The van der Waals surface area contributed by atoms with E-state index in [1.807, 2.05) is 69.2 Å². The summed E-state index contributed by atoms with van der Waals surface area (Å²) in [5.41, 5.74) is 21.4. The highest BCUT2D eigenvalue weighted by atomic mass is 14.2. The van der Waals surface area contributed by atoms with Gasteiger partial charge in [0.05, 0.1) is 0 Å². The van der Waals surface area contributed by atoms with Crippen LogP contribution in [0.5, 0.6) is 0 Å². The van der Waals surface area contributed by atoms with Crippen LogP contribution >= 0.6 is 0 Å². The lowest BCUT2D eigenvalue weighted by molar-refractivity contribution is 1.11. The largest absolute Gasteiger partial charge is 0.244 e. The predicted molar refractivity (Wildman–Crippen MR) is 336 cm³/mol. The summed E-state index contributed by atoms with van der Waals surface area (Å²) in [6, 6.07) is 67.9. The zero-order valence-electron chi connectivity index (χ0n) is 48.8. The average Bonchev–Trinajstić information content (AvgIpc) is 3.47. The van der Waals surface area contributed by atoms with Crippen LogP contribution in [0, 0.1) is 27.7 Å². The summed E-state index contributed by atoms with van der Waals surface area (Å²) in [5.74, 6) is 0. The summed E-state index contributed by atoms with van der Waals surface area (Å²) in [5, 5.41) is 5.52. The number of benzene rings is 9. The zero-order valence-corrected chi connectivity index (χ0v) is 48.8. The Balaban J connectivity index is 0.000000333. The van der Waals surface area contributed by atoms with Crippen LogP contribution in [0.2, 0.25) is 0 Å². The van der Waals surface area contributed by atoms with Gasteiger partial charge in [-0.2, -0.15) is 0 Å². The van der Waals surface area contributed by atoms with Gasteiger partial charge in [0.25, 0.3) is 0 Å². The van der Waals surface area contributed by atoms with E-state index in [0.29, 0.717) is 6.71 Å². The maximum Gasteiger partial charge on any atom is 0.244 e. The Hall–Kier alpha value is -6.44. The van der Waals surface area contributed by atoms with E-state index in [9.17, 15) is 0 Å². The van der Waals surface area contributed by atoms with Crippen LogP contribution in [0.4, 0.5) is 0 Å². The first kappa shape index (κ1) is 62.7. The molecule has 0 amide bonds. The maximum atomic E-state index is 2.34. The SMILES string of the molecule is CC.CC.CC.CC.CC.CCc1ccccc1C.CCc1ccccc1C.CCc1ccccc1C.CCc1ccccc1C.c1cc2c3c(c1)-c1cccc4cccc(c14)B3c1cccc3cccc-2c13. The van der Waals surface area contributed by atoms with Crippen molar-refractivity contribution in [3.63, 3.8) is 0 Å². The molecule has 0 aliphatic carbocycles. The molecule has 9 aromatic carbocycles. The van der Waals surface area contributed by atoms with E-state index in [2.05, 4.69) is 243 Å². The molecule has 2 heterocycles. The molecule has 1 heteroatoms. The molecule has 0 radical (unpaired) electrons. The maximum absolute atomic E-state index is 2.34. The van der Waals surface area contributed by atoms with Gasteiger partial charge < -0.3 is 0 Å². The van der Waals surface area contributed by atoms with E-state index < -0.39 is 0 Å². The van der Waals surface area contributed by atoms with Crippen LogP contribution in [0.25, 0.3) is 43.8 Å². The lowest BCUT2D eigenvalue weighted by Gasteiger charge is -2.33. The second-order valence-electron chi connectivity index (χ2n) is 16.8. The van der Waals surface area contributed by atoms with Crippen molar-refractivity contribution in [1.29, 1.82) is 0 Å². The minimum absolute atomic E-state index is 0.313. The molecule has 0 spiro atoms. The van der Waals surface area contributed by atoms with Crippen LogP contribution < -0.4 is 16.4 Å². The summed E-state index contributed by atoms with van der Waals surface area (Å²) in [7, 11) is 0. The minimum Gasteiger partial charge on any atom is -0.0683 e. The Kier molecular flexibility index (Phi) is 29.9. The van der Waals surface area contributed by atoms with Crippen molar-refractivity contribution < 1.29 is 0 Å². The Morgan fingerprint density at radius 1 is 0.260 bits per heavy atom. The summed E-state index contributed by atoms with van der Waals surface area (Å²) in [4.78, 5) is 0. The molecule has 0 aromatic heterocycles. The molecule has 9 aromatic rings. The number of fused-ring (bicyclic) bond motifs is 4. The normalized spacial score (nSPS) is 9.97. The van der Waals surface area contributed by atoms with Gasteiger partial charge in [-0.3, -0.25) is 0 Å². The van der Waals surface area contributed by atoms with Gasteiger partial charge in [-0.25, -0.2) is 0 Å². The zero-order chi connectivity index (χ0) is 54.3. The van der Waals surface area contributed by atoms with E-state index in [1.54, 1.807) is 0 Å². The highest BCUT2D eigenvalue weighted by Crippen LogP contribution is 2.38. The fourth-order valence-electron chi connectivity index (χ4n) is 9.52. The molecule has 0 N–H and O–H groups in total. The molecule has 0 bridgehead atoms.